The van der Waals surface area contributed by atoms with Crippen molar-refractivity contribution in [3.8, 4) is 0 Å². The fourth-order valence-electron chi connectivity index (χ4n) is 1.20. The minimum absolute atomic E-state index is 0.104. The van der Waals surface area contributed by atoms with Crippen LogP contribution < -0.4 is 5.73 Å². The highest BCUT2D eigenvalue weighted by atomic mass is 79.9. The second-order valence-electron chi connectivity index (χ2n) is 2.83. The average Bonchev–Trinajstić information content (AvgIpc) is 2.14. The van der Waals surface area contributed by atoms with Crippen molar-refractivity contribution in [2.45, 2.75) is 0 Å². The van der Waals surface area contributed by atoms with Crippen molar-refractivity contribution < 1.29 is 8.78 Å². The lowest BCUT2D eigenvalue weighted by atomic mass is 10.2. The minimum Gasteiger partial charge on any atom is -0.397 e. The van der Waals surface area contributed by atoms with Crippen molar-refractivity contribution in [3.05, 3.63) is 34.4 Å². The second kappa shape index (κ2) is 3.16. The maximum absolute atomic E-state index is 13.4. The van der Waals surface area contributed by atoms with E-state index in [0.29, 0.717) is 11.1 Å². The van der Waals surface area contributed by atoms with Gasteiger partial charge >= 0.3 is 0 Å². The number of nitrogens with two attached hydrogens (primary N) is 1. The number of benzene rings is 1. The number of halogens is 3. The number of hydrogen-bond acceptors (Lipinski definition) is 2. The number of pyridine rings is 1. The van der Waals surface area contributed by atoms with Gasteiger partial charge < -0.3 is 5.73 Å². The Bertz CT molecular complexity index is 514. The summed E-state index contributed by atoms with van der Waals surface area (Å²) in [6.07, 6.45) is 1.33. The predicted molar refractivity (Wildman–Crippen MR) is 53.8 cm³/mol. The van der Waals surface area contributed by atoms with Crippen LogP contribution in [0.3, 0.4) is 0 Å². The maximum atomic E-state index is 13.4. The van der Waals surface area contributed by atoms with Crippen LogP contribution in [0.5, 0.6) is 0 Å². The molecule has 0 aliphatic heterocycles. The third kappa shape index (κ3) is 1.33. The summed E-state index contributed by atoms with van der Waals surface area (Å²) < 4.78 is 26.3. The van der Waals surface area contributed by atoms with Gasteiger partial charge in [0.2, 0.25) is 0 Å². The van der Waals surface area contributed by atoms with Crippen LogP contribution in [-0.2, 0) is 0 Å². The van der Waals surface area contributed by atoms with Crippen LogP contribution in [0.2, 0.25) is 0 Å². The first kappa shape index (κ1) is 9.33. The van der Waals surface area contributed by atoms with E-state index in [1.807, 2.05) is 0 Å². The van der Waals surface area contributed by atoms with E-state index in [1.165, 1.54) is 18.3 Å². The van der Waals surface area contributed by atoms with Gasteiger partial charge in [0.15, 0.2) is 5.82 Å². The summed E-state index contributed by atoms with van der Waals surface area (Å²) in [5.74, 6) is -1.37. The van der Waals surface area contributed by atoms with Gasteiger partial charge in [-0.05, 0) is 28.1 Å². The SMILES string of the molecule is Nc1cnc2c(F)c(Br)c(F)cc2c1. The average molecular weight is 259 g/mol. The first-order valence-corrected chi connectivity index (χ1v) is 4.57. The van der Waals surface area contributed by atoms with Crippen molar-refractivity contribution in [1.29, 1.82) is 0 Å². The molecule has 0 saturated heterocycles. The molecule has 2 N–H and O–H groups in total. The summed E-state index contributed by atoms with van der Waals surface area (Å²) in [5.41, 5.74) is 5.92. The topological polar surface area (TPSA) is 38.9 Å². The zero-order valence-corrected chi connectivity index (χ0v) is 8.48. The molecule has 0 aliphatic rings. The highest BCUT2D eigenvalue weighted by Gasteiger charge is 2.12. The van der Waals surface area contributed by atoms with E-state index in [2.05, 4.69) is 20.9 Å². The van der Waals surface area contributed by atoms with Crippen molar-refractivity contribution in [2.75, 3.05) is 5.73 Å². The Hall–Kier alpha value is -1.23. The molecular weight excluding hydrogens is 254 g/mol. The number of hydrogen-bond donors (Lipinski definition) is 1. The normalized spacial score (nSPS) is 10.8. The van der Waals surface area contributed by atoms with E-state index in [4.69, 9.17) is 5.73 Å². The first-order chi connectivity index (χ1) is 6.59. The van der Waals surface area contributed by atoms with Crippen molar-refractivity contribution >= 4 is 32.5 Å². The van der Waals surface area contributed by atoms with Crippen LogP contribution in [0.1, 0.15) is 0 Å². The summed E-state index contributed by atoms with van der Waals surface area (Å²) in [6, 6.07) is 2.66. The lowest BCUT2D eigenvalue weighted by Crippen LogP contribution is -1.92. The van der Waals surface area contributed by atoms with E-state index in [-0.39, 0.29) is 9.99 Å². The van der Waals surface area contributed by atoms with Gasteiger partial charge in [0.05, 0.1) is 16.4 Å². The fourth-order valence-corrected chi connectivity index (χ4v) is 1.50. The summed E-state index contributed by atoms with van der Waals surface area (Å²) in [5, 5.41) is 0.350. The number of aromatic nitrogens is 1. The molecule has 1 heterocycles. The molecule has 0 unspecified atom stereocenters. The van der Waals surface area contributed by atoms with Crippen LogP contribution in [-0.4, -0.2) is 4.98 Å². The highest BCUT2D eigenvalue weighted by Crippen LogP contribution is 2.27. The lowest BCUT2D eigenvalue weighted by molar-refractivity contribution is 0.579. The first-order valence-electron chi connectivity index (χ1n) is 3.78. The summed E-state index contributed by atoms with van der Waals surface area (Å²) in [7, 11) is 0. The Morgan fingerprint density at radius 2 is 2.00 bits per heavy atom. The Kier molecular flexibility index (Phi) is 2.11. The van der Waals surface area contributed by atoms with Crippen molar-refractivity contribution in [1.82, 2.24) is 4.98 Å². The Morgan fingerprint density at radius 1 is 1.29 bits per heavy atom. The predicted octanol–water partition coefficient (Wildman–Crippen LogP) is 2.86. The fraction of sp³-hybridized carbons (Fsp3) is 0. The summed E-state index contributed by atoms with van der Waals surface area (Å²) in [4.78, 5) is 3.79. The summed E-state index contributed by atoms with van der Waals surface area (Å²) >= 11 is 2.80. The zero-order chi connectivity index (χ0) is 10.3. The largest absolute Gasteiger partial charge is 0.397 e. The van der Waals surface area contributed by atoms with E-state index in [1.54, 1.807) is 0 Å². The third-order valence-electron chi connectivity index (χ3n) is 1.83. The minimum atomic E-state index is -0.708. The smallest absolute Gasteiger partial charge is 0.166 e. The number of rotatable bonds is 0. The van der Waals surface area contributed by atoms with Gasteiger partial charge in [-0.15, -0.1) is 0 Å². The third-order valence-corrected chi connectivity index (χ3v) is 2.56. The van der Waals surface area contributed by atoms with Crippen LogP contribution in [0.15, 0.2) is 22.8 Å². The molecule has 1 aromatic carbocycles. The van der Waals surface area contributed by atoms with E-state index < -0.39 is 11.6 Å². The molecule has 0 bridgehead atoms. The number of nitrogens with zero attached hydrogens (tertiary/aromatic N) is 1. The van der Waals surface area contributed by atoms with Crippen molar-refractivity contribution in [3.63, 3.8) is 0 Å². The Balaban J connectivity index is 2.91. The van der Waals surface area contributed by atoms with Gasteiger partial charge in [-0.3, -0.25) is 4.98 Å². The molecule has 1 aromatic heterocycles. The van der Waals surface area contributed by atoms with Gasteiger partial charge in [0.25, 0.3) is 0 Å². The molecule has 2 aromatic rings. The number of fused-ring (bicyclic) bond motifs is 1. The van der Waals surface area contributed by atoms with Crippen LogP contribution in [0, 0.1) is 11.6 Å². The molecule has 0 spiro atoms. The molecule has 0 amide bonds. The monoisotopic (exact) mass is 258 g/mol. The molecule has 0 saturated carbocycles. The van der Waals surface area contributed by atoms with Crippen molar-refractivity contribution in [2.24, 2.45) is 0 Å². The van der Waals surface area contributed by atoms with E-state index in [9.17, 15) is 8.78 Å². The van der Waals surface area contributed by atoms with Gasteiger partial charge in [-0.2, -0.15) is 0 Å². The van der Waals surface area contributed by atoms with Crippen LogP contribution in [0.4, 0.5) is 14.5 Å². The molecular formula is C9H5BrF2N2. The Morgan fingerprint density at radius 3 is 2.71 bits per heavy atom. The van der Waals surface area contributed by atoms with E-state index in [0.717, 1.165) is 0 Å². The molecule has 72 valence electrons. The molecule has 0 radical (unpaired) electrons. The van der Waals surface area contributed by atoms with Gasteiger partial charge in [-0.25, -0.2) is 8.78 Å². The zero-order valence-electron chi connectivity index (χ0n) is 6.89. The molecule has 2 rings (SSSR count). The molecule has 0 atom stereocenters. The molecule has 5 heteroatoms. The van der Waals surface area contributed by atoms with Gasteiger partial charge in [0, 0.05) is 5.39 Å². The van der Waals surface area contributed by atoms with Gasteiger partial charge in [0.1, 0.15) is 11.3 Å². The molecule has 14 heavy (non-hydrogen) atoms. The highest BCUT2D eigenvalue weighted by molar-refractivity contribution is 9.10. The maximum Gasteiger partial charge on any atom is 0.166 e. The van der Waals surface area contributed by atoms with E-state index >= 15 is 0 Å². The Labute approximate surface area is 86.9 Å². The molecule has 0 aliphatic carbocycles. The second-order valence-corrected chi connectivity index (χ2v) is 3.62. The van der Waals surface area contributed by atoms with Gasteiger partial charge in [-0.1, -0.05) is 0 Å². The molecule has 2 nitrogen and oxygen atoms in total. The number of anilines is 1. The standard InChI is InChI=1S/C9H5BrF2N2/c10-7-6(11)2-4-1-5(13)3-14-9(4)8(7)12/h1-3H,13H2. The summed E-state index contributed by atoms with van der Waals surface area (Å²) in [6.45, 7) is 0. The lowest BCUT2D eigenvalue weighted by Gasteiger charge is -2.02. The molecule has 0 fully saturated rings. The van der Waals surface area contributed by atoms with Crippen LogP contribution >= 0.6 is 15.9 Å². The quantitative estimate of drug-likeness (QED) is 0.739. The van der Waals surface area contributed by atoms with Crippen LogP contribution in [0.25, 0.3) is 10.9 Å². The number of nitrogen functional groups attached to an aromatic ring is 1.